The number of aromatic amines is 1. The molecule has 1 aliphatic rings. The van der Waals surface area contributed by atoms with Gasteiger partial charge < -0.3 is 15.0 Å². The third kappa shape index (κ3) is 4.39. The first-order valence-electron chi connectivity index (χ1n) is 10.5. The highest BCUT2D eigenvalue weighted by Crippen LogP contribution is 2.34. The number of benzene rings is 1. The standard InChI is InChI=1S/C22H22N4O3S3/c1-2-29-12-6-7-14-16(10-12)32-22(23-14)26-18(27)8-9-30-11-17-24-20(28)19-13-4-3-5-15(13)31-21(19)25-17/h6-7,10H,2-5,8-9,11H2,1H3,(H,23,26,27)(H,24,25,28). The van der Waals surface area contributed by atoms with Crippen LogP contribution in [0.4, 0.5) is 5.13 Å². The number of hydrogen-bond donors (Lipinski definition) is 2. The molecule has 10 heteroatoms. The maximum atomic E-state index is 12.5. The number of thioether (sulfide) groups is 1. The van der Waals surface area contributed by atoms with E-state index in [1.165, 1.54) is 21.8 Å². The van der Waals surface area contributed by atoms with Crippen molar-refractivity contribution in [2.75, 3.05) is 17.7 Å². The number of nitrogens with zero attached hydrogens (tertiary/aromatic N) is 2. The molecule has 7 nitrogen and oxygen atoms in total. The van der Waals surface area contributed by atoms with Crippen LogP contribution in [0.5, 0.6) is 5.75 Å². The number of aromatic nitrogens is 3. The highest BCUT2D eigenvalue weighted by molar-refractivity contribution is 7.98. The van der Waals surface area contributed by atoms with Crippen molar-refractivity contribution in [2.45, 2.75) is 38.4 Å². The van der Waals surface area contributed by atoms with Gasteiger partial charge in [-0.1, -0.05) is 11.3 Å². The second-order valence-electron chi connectivity index (χ2n) is 7.48. The van der Waals surface area contributed by atoms with Gasteiger partial charge in [-0.3, -0.25) is 9.59 Å². The van der Waals surface area contributed by atoms with Crippen molar-refractivity contribution < 1.29 is 9.53 Å². The van der Waals surface area contributed by atoms with Crippen LogP contribution in [0.15, 0.2) is 23.0 Å². The van der Waals surface area contributed by atoms with E-state index < -0.39 is 0 Å². The number of fused-ring (bicyclic) bond motifs is 4. The Kier molecular flexibility index (Phi) is 6.16. The molecule has 0 aliphatic heterocycles. The number of thiophene rings is 1. The summed E-state index contributed by atoms with van der Waals surface area (Å²) in [6, 6.07) is 5.72. The number of carbonyl (C=O) groups excluding carboxylic acids is 1. The first kappa shape index (κ1) is 21.4. The summed E-state index contributed by atoms with van der Waals surface area (Å²) in [4.78, 5) is 39.0. The average Bonchev–Trinajstić information content (AvgIpc) is 3.45. The van der Waals surface area contributed by atoms with Crippen LogP contribution >= 0.6 is 34.4 Å². The van der Waals surface area contributed by atoms with Gasteiger partial charge in [0, 0.05) is 17.1 Å². The molecule has 0 bridgehead atoms. The number of carbonyl (C=O) groups is 1. The van der Waals surface area contributed by atoms with E-state index in [0.717, 1.165) is 45.4 Å². The smallest absolute Gasteiger partial charge is 0.259 e. The Morgan fingerprint density at radius 2 is 2.19 bits per heavy atom. The van der Waals surface area contributed by atoms with Gasteiger partial charge in [-0.15, -0.1) is 11.3 Å². The maximum absolute atomic E-state index is 12.5. The van der Waals surface area contributed by atoms with E-state index in [1.807, 2.05) is 25.1 Å². The van der Waals surface area contributed by atoms with Gasteiger partial charge in [0.15, 0.2) is 5.13 Å². The second kappa shape index (κ2) is 9.21. The Bertz CT molecular complexity index is 1360. The van der Waals surface area contributed by atoms with Gasteiger partial charge in [0.2, 0.25) is 5.91 Å². The molecule has 3 aromatic heterocycles. The highest BCUT2D eigenvalue weighted by Gasteiger charge is 2.21. The topological polar surface area (TPSA) is 97.0 Å². The summed E-state index contributed by atoms with van der Waals surface area (Å²) in [7, 11) is 0. The van der Waals surface area contributed by atoms with Gasteiger partial charge in [0.25, 0.3) is 5.56 Å². The van der Waals surface area contributed by atoms with Gasteiger partial charge >= 0.3 is 0 Å². The molecule has 5 rings (SSSR count). The Labute approximate surface area is 196 Å². The molecule has 0 fully saturated rings. The largest absolute Gasteiger partial charge is 0.494 e. The van der Waals surface area contributed by atoms with Crippen molar-refractivity contribution in [3.8, 4) is 5.75 Å². The van der Waals surface area contributed by atoms with Crippen LogP contribution in [-0.2, 0) is 23.4 Å². The quantitative estimate of drug-likeness (QED) is 0.349. The fourth-order valence-electron chi connectivity index (χ4n) is 3.85. The lowest BCUT2D eigenvalue weighted by Crippen LogP contribution is -2.13. The number of amides is 1. The third-order valence-corrected chi connectivity index (χ3v) is 8.34. The van der Waals surface area contributed by atoms with E-state index in [4.69, 9.17) is 4.74 Å². The van der Waals surface area contributed by atoms with Gasteiger partial charge in [-0.05, 0) is 49.9 Å². The molecule has 4 aromatic rings. The summed E-state index contributed by atoms with van der Waals surface area (Å²) < 4.78 is 6.49. The van der Waals surface area contributed by atoms with E-state index in [9.17, 15) is 9.59 Å². The van der Waals surface area contributed by atoms with Gasteiger partial charge in [0.05, 0.1) is 28.0 Å². The van der Waals surface area contributed by atoms with Crippen molar-refractivity contribution >= 4 is 65.9 Å². The Morgan fingerprint density at radius 1 is 1.28 bits per heavy atom. The average molecular weight is 487 g/mol. The molecule has 0 saturated heterocycles. The van der Waals surface area contributed by atoms with Crippen LogP contribution in [0.3, 0.4) is 0 Å². The number of ether oxygens (including phenoxy) is 1. The summed E-state index contributed by atoms with van der Waals surface area (Å²) in [5, 5.41) is 4.25. The summed E-state index contributed by atoms with van der Waals surface area (Å²) in [6.07, 6.45) is 3.52. The lowest BCUT2D eigenvalue weighted by atomic mass is 10.2. The van der Waals surface area contributed by atoms with Crippen LogP contribution < -0.4 is 15.6 Å². The van der Waals surface area contributed by atoms with E-state index >= 15 is 0 Å². The lowest BCUT2D eigenvalue weighted by Gasteiger charge is -2.03. The summed E-state index contributed by atoms with van der Waals surface area (Å²) in [5.74, 6) is 2.60. The number of rotatable bonds is 8. The maximum Gasteiger partial charge on any atom is 0.259 e. The van der Waals surface area contributed by atoms with Crippen molar-refractivity contribution in [1.29, 1.82) is 0 Å². The van der Waals surface area contributed by atoms with Gasteiger partial charge in [-0.25, -0.2) is 9.97 Å². The number of thiazole rings is 1. The molecule has 0 radical (unpaired) electrons. The first-order valence-corrected chi connectivity index (χ1v) is 13.3. The Balaban J connectivity index is 1.14. The third-order valence-electron chi connectivity index (χ3n) is 5.25. The number of hydrogen-bond acceptors (Lipinski definition) is 8. The second-order valence-corrected chi connectivity index (χ2v) is 10.7. The van der Waals surface area contributed by atoms with Gasteiger partial charge in [-0.2, -0.15) is 11.8 Å². The number of anilines is 1. The van der Waals surface area contributed by atoms with Crippen LogP contribution in [0.2, 0.25) is 0 Å². The zero-order valence-corrected chi connectivity index (χ0v) is 20.0. The molecule has 1 amide bonds. The molecule has 1 aromatic carbocycles. The highest BCUT2D eigenvalue weighted by atomic mass is 32.2. The minimum absolute atomic E-state index is 0.0360. The number of nitrogens with one attached hydrogen (secondary N) is 2. The molecule has 166 valence electrons. The Hall–Kier alpha value is -2.43. The fourth-order valence-corrected chi connectivity index (χ4v) is 6.84. The molecule has 1 aliphatic carbocycles. The van der Waals surface area contributed by atoms with Crippen molar-refractivity contribution in [3.63, 3.8) is 0 Å². The van der Waals surface area contributed by atoms with Crippen LogP contribution in [0.1, 0.15) is 36.0 Å². The van der Waals surface area contributed by atoms with E-state index in [0.29, 0.717) is 35.5 Å². The SMILES string of the molecule is CCOc1ccc2nc(NC(=O)CCSCc3nc4sc5c(c4c(=O)[nH]3)CCC5)sc2c1. The lowest BCUT2D eigenvalue weighted by molar-refractivity contribution is -0.115. The minimum atomic E-state index is -0.0758. The van der Waals surface area contributed by atoms with Gasteiger partial charge in [0.1, 0.15) is 16.4 Å². The van der Waals surface area contributed by atoms with E-state index in [1.54, 1.807) is 23.1 Å². The zero-order valence-electron chi connectivity index (χ0n) is 17.5. The molecule has 0 atom stereocenters. The van der Waals surface area contributed by atoms with Crippen molar-refractivity contribution in [3.05, 3.63) is 44.8 Å². The normalized spacial score (nSPS) is 13.0. The monoisotopic (exact) mass is 486 g/mol. The van der Waals surface area contributed by atoms with Crippen LogP contribution in [-0.4, -0.2) is 33.2 Å². The van der Waals surface area contributed by atoms with Crippen molar-refractivity contribution in [2.24, 2.45) is 0 Å². The summed E-state index contributed by atoms with van der Waals surface area (Å²) in [6.45, 7) is 2.55. The molecule has 2 N–H and O–H groups in total. The molecule has 0 saturated carbocycles. The molecule has 0 unspecified atom stereocenters. The molecule has 0 spiro atoms. The minimum Gasteiger partial charge on any atom is -0.494 e. The van der Waals surface area contributed by atoms with E-state index in [-0.39, 0.29) is 11.5 Å². The summed E-state index contributed by atoms with van der Waals surface area (Å²) >= 11 is 4.67. The predicted octanol–water partition coefficient (Wildman–Crippen LogP) is 4.74. The Morgan fingerprint density at radius 3 is 3.06 bits per heavy atom. The fraction of sp³-hybridized carbons (Fsp3) is 0.364. The van der Waals surface area contributed by atoms with E-state index in [2.05, 4.69) is 20.3 Å². The summed E-state index contributed by atoms with van der Waals surface area (Å²) in [5.41, 5.74) is 2.00. The molecule has 32 heavy (non-hydrogen) atoms. The van der Waals surface area contributed by atoms with Crippen LogP contribution in [0.25, 0.3) is 20.4 Å². The van der Waals surface area contributed by atoms with Crippen molar-refractivity contribution in [1.82, 2.24) is 15.0 Å². The predicted molar refractivity (Wildman–Crippen MR) is 132 cm³/mol. The number of H-pyrrole nitrogens is 1. The number of aryl methyl sites for hydroxylation is 2. The molecular formula is C22H22N4O3S3. The zero-order chi connectivity index (χ0) is 22.1. The molecular weight excluding hydrogens is 464 g/mol. The molecule has 3 heterocycles. The first-order chi connectivity index (χ1) is 15.6. The van der Waals surface area contributed by atoms with Crippen LogP contribution in [0, 0.1) is 0 Å².